The largest absolute Gasteiger partial charge is 0.334 e. The van der Waals surface area contributed by atoms with Gasteiger partial charge >= 0.3 is 6.03 Å². The quantitative estimate of drug-likeness (QED) is 0.780. The predicted molar refractivity (Wildman–Crippen MR) is 111 cm³/mol. The molecule has 2 aliphatic rings. The van der Waals surface area contributed by atoms with Crippen LogP contribution in [-0.4, -0.2) is 29.8 Å². The molecule has 2 aromatic rings. The fourth-order valence-electron chi connectivity index (χ4n) is 3.97. The fraction of sp³-hybridized carbons (Fsp3) is 0.409. The van der Waals surface area contributed by atoms with E-state index in [0.29, 0.717) is 6.54 Å². The van der Waals surface area contributed by atoms with Crippen molar-refractivity contribution in [3.8, 4) is 0 Å². The lowest BCUT2D eigenvalue weighted by Gasteiger charge is -2.26. The molecule has 2 aliphatic heterocycles. The predicted octanol–water partition coefficient (Wildman–Crippen LogP) is 4.46. The number of likely N-dealkylation sites (tertiary alicyclic amines) is 1. The third-order valence-corrected chi connectivity index (χ3v) is 6.59. The van der Waals surface area contributed by atoms with Crippen LogP contribution >= 0.6 is 11.8 Å². The molecule has 2 heterocycles. The van der Waals surface area contributed by atoms with Crippen molar-refractivity contribution in [2.24, 2.45) is 0 Å². The maximum absolute atomic E-state index is 13.6. The first-order chi connectivity index (χ1) is 13.7. The highest BCUT2D eigenvalue weighted by Gasteiger charge is 2.23. The summed E-state index contributed by atoms with van der Waals surface area (Å²) in [4.78, 5) is 16.0. The molecule has 6 heteroatoms. The summed E-state index contributed by atoms with van der Waals surface area (Å²) in [7, 11) is 0. The molecule has 1 atom stereocenters. The highest BCUT2D eigenvalue weighted by Crippen LogP contribution is 2.36. The number of carbonyl (C=O) groups excluding carboxylic acids is 1. The first kappa shape index (κ1) is 19.3. The van der Waals surface area contributed by atoms with E-state index in [1.807, 2.05) is 6.07 Å². The molecule has 0 radical (unpaired) electrons. The second kappa shape index (κ2) is 8.97. The number of hydrogen-bond donors (Lipinski definition) is 2. The highest BCUT2D eigenvalue weighted by atomic mass is 32.2. The van der Waals surface area contributed by atoms with E-state index in [-0.39, 0.29) is 17.9 Å². The summed E-state index contributed by atoms with van der Waals surface area (Å²) in [5.41, 5.74) is 3.29. The van der Waals surface area contributed by atoms with Gasteiger partial charge in [0.05, 0.1) is 6.04 Å². The van der Waals surface area contributed by atoms with Crippen molar-refractivity contribution in [1.82, 2.24) is 15.5 Å². The SMILES string of the molecule is O=C(NCc1ccccc1CN1CCCC1)NC1CCSc2ccc(F)cc21. The Morgan fingerprint density at radius 3 is 2.75 bits per heavy atom. The van der Waals surface area contributed by atoms with Crippen molar-refractivity contribution >= 4 is 17.8 Å². The van der Waals surface area contributed by atoms with E-state index in [9.17, 15) is 9.18 Å². The van der Waals surface area contributed by atoms with Crippen molar-refractivity contribution in [2.75, 3.05) is 18.8 Å². The Bertz CT molecular complexity index is 838. The number of nitrogens with one attached hydrogen (secondary N) is 2. The van der Waals surface area contributed by atoms with E-state index >= 15 is 0 Å². The third kappa shape index (κ3) is 4.67. The van der Waals surface area contributed by atoms with Gasteiger partial charge in [0.25, 0.3) is 0 Å². The number of benzene rings is 2. The van der Waals surface area contributed by atoms with E-state index in [4.69, 9.17) is 0 Å². The number of amides is 2. The average molecular weight is 400 g/mol. The van der Waals surface area contributed by atoms with Gasteiger partial charge < -0.3 is 10.6 Å². The second-order valence-corrected chi connectivity index (χ2v) is 8.59. The molecule has 28 heavy (non-hydrogen) atoms. The normalized spacial score (nSPS) is 19.2. The van der Waals surface area contributed by atoms with Crippen molar-refractivity contribution in [1.29, 1.82) is 0 Å². The molecule has 4 rings (SSSR count). The van der Waals surface area contributed by atoms with Gasteiger partial charge in [0.1, 0.15) is 5.82 Å². The number of thioether (sulfide) groups is 1. The van der Waals surface area contributed by atoms with Gasteiger partial charge in [-0.2, -0.15) is 0 Å². The van der Waals surface area contributed by atoms with Crippen molar-refractivity contribution in [2.45, 2.75) is 43.3 Å². The van der Waals surface area contributed by atoms with Gasteiger partial charge in [-0.1, -0.05) is 24.3 Å². The summed E-state index contributed by atoms with van der Waals surface area (Å²) in [6.07, 6.45) is 3.34. The molecular weight excluding hydrogens is 373 g/mol. The summed E-state index contributed by atoms with van der Waals surface area (Å²) in [5, 5.41) is 6.01. The van der Waals surface area contributed by atoms with Crippen LogP contribution in [0.1, 0.15) is 42.0 Å². The molecule has 0 aliphatic carbocycles. The Morgan fingerprint density at radius 2 is 1.93 bits per heavy atom. The van der Waals surface area contributed by atoms with Crippen LogP contribution in [-0.2, 0) is 13.1 Å². The molecule has 0 aromatic heterocycles. The maximum Gasteiger partial charge on any atom is 0.315 e. The average Bonchev–Trinajstić information content (AvgIpc) is 3.21. The summed E-state index contributed by atoms with van der Waals surface area (Å²) in [6, 6.07) is 12.8. The van der Waals surface area contributed by atoms with Crippen LogP contribution in [0, 0.1) is 5.82 Å². The van der Waals surface area contributed by atoms with Gasteiger partial charge in [-0.25, -0.2) is 9.18 Å². The lowest BCUT2D eigenvalue weighted by atomic mass is 10.0. The molecule has 148 valence electrons. The number of fused-ring (bicyclic) bond motifs is 1. The van der Waals surface area contributed by atoms with Crippen LogP contribution in [0.25, 0.3) is 0 Å². The molecule has 0 saturated carbocycles. The number of carbonyl (C=O) groups is 1. The monoisotopic (exact) mass is 399 g/mol. The number of hydrogen-bond acceptors (Lipinski definition) is 3. The van der Waals surface area contributed by atoms with Crippen LogP contribution in [0.4, 0.5) is 9.18 Å². The molecule has 1 unspecified atom stereocenters. The van der Waals surface area contributed by atoms with Gasteiger partial charge in [0, 0.05) is 23.7 Å². The highest BCUT2D eigenvalue weighted by molar-refractivity contribution is 7.99. The Balaban J connectivity index is 1.36. The van der Waals surface area contributed by atoms with Crippen LogP contribution in [0.15, 0.2) is 47.4 Å². The van der Waals surface area contributed by atoms with Gasteiger partial charge in [-0.15, -0.1) is 11.8 Å². The van der Waals surface area contributed by atoms with Crippen LogP contribution in [0.5, 0.6) is 0 Å². The molecule has 2 aromatic carbocycles. The Morgan fingerprint density at radius 1 is 1.14 bits per heavy atom. The lowest BCUT2D eigenvalue weighted by molar-refractivity contribution is 0.236. The minimum absolute atomic E-state index is 0.146. The van der Waals surface area contributed by atoms with E-state index in [0.717, 1.165) is 47.8 Å². The van der Waals surface area contributed by atoms with E-state index in [1.54, 1.807) is 17.8 Å². The first-order valence-electron chi connectivity index (χ1n) is 9.95. The molecule has 2 amide bonds. The molecule has 2 N–H and O–H groups in total. The van der Waals surface area contributed by atoms with Gasteiger partial charge in [-0.3, -0.25) is 4.90 Å². The zero-order valence-electron chi connectivity index (χ0n) is 15.9. The molecular formula is C22H26FN3OS. The first-order valence-corrected chi connectivity index (χ1v) is 10.9. The summed E-state index contributed by atoms with van der Waals surface area (Å²) in [5.74, 6) is 0.659. The van der Waals surface area contributed by atoms with Crippen LogP contribution < -0.4 is 10.6 Å². The van der Waals surface area contributed by atoms with Gasteiger partial charge in [0.15, 0.2) is 0 Å². The third-order valence-electron chi connectivity index (χ3n) is 5.47. The van der Waals surface area contributed by atoms with Gasteiger partial charge in [-0.05, 0) is 67.2 Å². The Labute approximate surface area is 169 Å². The summed E-state index contributed by atoms with van der Waals surface area (Å²) >= 11 is 1.71. The Hall–Kier alpha value is -2.05. The van der Waals surface area contributed by atoms with Gasteiger partial charge in [0.2, 0.25) is 0 Å². The zero-order valence-corrected chi connectivity index (χ0v) is 16.7. The van der Waals surface area contributed by atoms with Crippen molar-refractivity contribution in [3.05, 3.63) is 65.0 Å². The number of halogens is 1. The summed E-state index contributed by atoms with van der Waals surface area (Å²) < 4.78 is 13.6. The van der Waals surface area contributed by atoms with Crippen molar-refractivity contribution in [3.63, 3.8) is 0 Å². The smallest absolute Gasteiger partial charge is 0.315 e. The van der Waals surface area contributed by atoms with E-state index in [2.05, 4.69) is 33.7 Å². The fourth-order valence-corrected chi connectivity index (χ4v) is 5.07. The summed E-state index contributed by atoms with van der Waals surface area (Å²) in [6.45, 7) is 3.73. The van der Waals surface area contributed by atoms with Crippen LogP contribution in [0.3, 0.4) is 0 Å². The maximum atomic E-state index is 13.6. The molecule has 1 fully saturated rings. The number of nitrogens with zero attached hydrogens (tertiary/aromatic N) is 1. The molecule has 1 saturated heterocycles. The van der Waals surface area contributed by atoms with Crippen LogP contribution in [0.2, 0.25) is 0 Å². The Kier molecular flexibility index (Phi) is 6.17. The standard InChI is InChI=1S/C22H26FN3OS/c23-18-7-8-21-19(13-18)20(9-12-28-21)25-22(27)24-14-16-5-1-2-6-17(16)15-26-10-3-4-11-26/h1-2,5-8,13,20H,3-4,9-12,14-15H2,(H2,24,25,27). The molecule has 0 spiro atoms. The number of urea groups is 1. The number of rotatable bonds is 5. The molecule has 0 bridgehead atoms. The van der Waals surface area contributed by atoms with E-state index < -0.39 is 0 Å². The second-order valence-electron chi connectivity index (χ2n) is 7.45. The van der Waals surface area contributed by atoms with Crippen molar-refractivity contribution < 1.29 is 9.18 Å². The zero-order chi connectivity index (χ0) is 19.3. The minimum atomic E-state index is -0.260. The lowest BCUT2D eigenvalue weighted by Crippen LogP contribution is -2.38. The topological polar surface area (TPSA) is 44.4 Å². The minimum Gasteiger partial charge on any atom is -0.334 e. The van der Waals surface area contributed by atoms with E-state index in [1.165, 1.54) is 30.5 Å². The molecule has 4 nitrogen and oxygen atoms in total.